The van der Waals surface area contributed by atoms with Crippen molar-refractivity contribution in [3.05, 3.63) is 0 Å². The van der Waals surface area contributed by atoms with Crippen LogP contribution in [0.3, 0.4) is 0 Å². The van der Waals surface area contributed by atoms with Gasteiger partial charge in [0.05, 0.1) is 0 Å². The molecule has 3 nitrogen and oxygen atoms in total. The van der Waals surface area contributed by atoms with Gasteiger partial charge in [-0.05, 0) is 44.4 Å². The number of hydrogen-bond donors (Lipinski definition) is 2. The highest BCUT2D eigenvalue weighted by Gasteiger charge is 2.34. The normalized spacial score (nSPS) is 29.0. The van der Waals surface area contributed by atoms with Crippen LogP contribution in [0.5, 0.6) is 0 Å². The standard InChI is InChI=1S/C14H26N2O/c1-2-15-14(17)8-9-16-13-5-3-4-12(10-13)11-6-7-11/h11-13,16H,2-10H2,1H3,(H,15,17). The number of rotatable bonds is 6. The molecule has 2 saturated carbocycles. The highest BCUT2D eigenvalue weighted by Crippen LogP contribution is 2.43. The van der Waals surface area contributed by atoms with E-state index < -0.39 is 0 Å². The van der Waals surface area contributed by atoms with Crippen molar-refractivity contribution in [2.24, 2.45) is 11.8 Å². The zero-order valence-electron chi connectivity index (χ0n) is 11.0. The Kier molecular flexibility index (Phi) is 4.84. The molecule has 2 unspecified atom stereocenters. The molecule has 0 aliphatic heterocycles. The van der Waals surface area contributed by atoms with E-state index in [4.69, 9.17) is 0 Å². The highest BCUT2D eigenvalue weighted by molar-refractivity contribution is 5.75. The van der Waals surface area contributed by atoms with Crippen molar-refractivity contribution in [3.8, 4) is 0 Å². The van der Waals surface area contributed by atoms with Crippen molar-refractivity contribution in [2.45, 2.75) is 57.9 Å². The lowest BCUT2D eigenvalue weighted by Gasteiger charge is -2.30. The van der Waals surface area contributed by atoms with Gasteiger partial charge in [-0.2, -0.15) is 0 Å². The molecule has 0 spiro atoms. The maximum atomic E-state index is 11.3. The molecule has 0 aromatic rings. The monoisotopic (exact) mass is 238 g/mol. The Hall–Kier alpha value is -0.570. The number of nitrogens with one attached hydrogen (secondary N) is 2. The molecule has 2 aliphatic rings. The number of carbonyl (C=O) groups excluding carboxylic acids is 1. The number of amides is 1. The summed E-state index contributed by atoms with van der Waals surface area (Å²) in [4.78, 5) is 11.3. The molecular weight excluding hydrogens is 212 g/mol. The predicted octanol–water partition coefficient (Wildman–Crippen LogP) is 2.07. The molecule has 2 N–H and O–H groups in total. The first kappa shape index (κ1) is 12.9. The van der Waals surface area contributed by atoms with E-state index in [2.05, 4.69) is 10.6 Å². The van der Waals surface area contributed by atoms with Gasteiger partial charge in [-0.15, -0.1) is 0 Å². The molecular formula is C14H26N2O. The fourth-order valence-electron chi connectivity index (χ4n) is 3.08. The van der Waals surface area contributed by atoms with Crippen LogP contribution >= 0.6 is 0 Å². The lowest BCUT2D eigenvalue weighted by atomic mass is 9.83. The van der Waals surface area contributed by atoms with Crippen molar-refractivity contribution in [1.82, 2.24) is 10.6 Å². The van der Waals surface area contributed by atoms with Gasteiger partial charge in [0.1, 0.15) is 0 Å². The predicted molar refractivity (Wildman–Crippen MR) is 69.8 cm³/mol. The van der Waals surface area contributed by atoms with Crippen LogP contribution in [0.1, 0.15) is 51.9 Å². The third-order valence-electron chi connectivity index (χ3n) is 4.16. The topological polar surface area (TPSA) is 41.1 Å². The molecule has 0 radical (unpaired) electrons. The smallest absolute Gasteiger partial charge is 0.221 e. The third-order valence-corrected chi connectivity index (χ3v) is 4.16. The number of carbonyl (C=O) groups is 1. The minimum absolute atomic E-state index is 0.176. The Morgan fingerprint density at radius 3 is 2.71 bits per heavy atom. The van der Waals surface area contributed by atoms with Gasteiger partial charge in [0.15, 0.2) is 0 Å². The number of hydrogen-bond acceptors (Lipinski definition) is 2. The van der Waals surface area contributed by atoms with E-state index in [9.17, 15) is 4.79 Å². The zero-order valence-corrected chi connectivity index (χ0v) is 11.0. The van der Waals surface area contributed by atoms with Crippen molar-refractivity contribution in [2.75, 3.05) is 13.1 Å². The fraction of sp³-hybridized carbons (Fsp3) is 0.929. The Morgan fingerprint density at radius 2 is 2.00 bits per heavy atom. The zero-order chi connectivity index (χ0) is 12.1. The van der Waals surface area contributed by atoms with E-state index in [0.717, 1.165) is 24.9 Å². The van der Waals surface area contributed by atoms with Gasteiger partial charge in [-0.1, -0.05) is 12.8 Å². The Labute approximate surface area is 105 Å². The minimum Gasteiger partial charge on any atom is -0.356 e. The SMILES string of the molecule is CCNC(=O)CCNC1CCCC(C2CC2)C1. The van der Waals surface area contributed by atoms with E-state index in [-0.39, 0.29) is 5.91 Å². The molecule has 2 rings (SSSR count). The fourth-order valence-corrected chi connectivity index (χ4v) is 3.08. The summed E-state index contributed by atoms with van der Waals surface area (Å²) in [5.74, 6) is 2.20. The van der Waals surface area contributed by atoms with E-state index in [1.807, 2.05) is 6.92 Å². The molecule has 0 heterocycles. The van der Waals surface area contributed by atoms with Gasteiger partial charge >= 0.3 is 0 Å². The maximum absolute atomic E-state index is 11.3. The van der Waals surface area contributed by atoms with Gasteiger partial charge < -0.3 is 10.6 Å². The molecule has 0 saturated heterocycles. The Balaban J connectivity index is 1.60. The van der Waals surface area contributed by atoms with E-state index >= 15 is 0 Å². The summed E-state index contributed by atoms with van der Waals surface area (Å²) >= 11 is 0. The first-order valence-electron chi connectivity index (χ1n) is 7.29. The summed E-state index contributed by atoms with van der Waals surface area (Å²) in [5, 5.41) is 6.40. The molecule has 1 amide bonds. The maximum Gasteiger partial charge on any atom is 0.221 e. The summed E-state index contributed by atoms with van der Waals surface area (Å²) < 4.78 is 0. The van der Waals surface area contributed by atoms with E-state index in [0.29, 0.717) is 12.5 Å². The van der Waals surface area contributed by atoms with Crippen LogP contribution in [-0.2, 0) is 4.79 Å². The highest BCUT2D eigenvalue weighted by atomic mass is 16.1. The molecule has 0 aromatic carbocycles. The largest absolute Gasteiger partial charge is 0.356 e. The first-order valence-corrected chi connectivity index (χ1v) is 7.29. The lowest BCUT2D eigenvalue weighted by molar-refractivity contribution is -0.120. The second-order valence-corrected chi connectivity index (χ2v) is 5.62. The summed E-state index contributed by atoms with van der Waals surface area (Å²) in [5.41, 5.74) is 0. The first-order chi connectivity index (χ1) is 8.29. The quantitative estimate of drug-likeness (QED) is 0.744. The summed E-state index contributed by atoms with van der Waals surface area (Å²) in [6.45, 7) is 3.55. The molecule has 0 aromatic heterocycles. The van der Waals surface area contributed by atoms with Gasteiger partial charge in [-0.3, -0.25) is 4.79 Å². The molecule has 2 atom stereocenters. The average Bonchev–Trinajstić information content (AvgIpc) is 3.14. The minimum atomic E-state index is 0.176. The van der Waals surface area contributed by atoms with Crippen LogP contribution in [0, 0.1) is 11.8 Å². The second-order valence-electron chi connectivity index (χ2n) is 5.62. The van der Waals surface area contributed by atoms with Crippen molar-refractivity contribution < 1.29 is 4.79 Å². The van der Waals surface area contributed by atoms with Crippen molar-refractivity contribution in [3.63, 3.8) is 0 Å². The Morgan fingerprint density at radius 1 is 1.18 bits per heavy atom. The van der Waals surface area contributed by atoms with Gasteiger partial charge in [-0.25, -0.2) is 0 Å². The molecule has 98 valence electrons. The van der Waals surface area contributed by atoms with Crippen LogP contribution < -0.4 is 10.6 Å². The summed E-state index contributed by atoms with van der Waals surface area (Å²) in [6.07, 6.45) is 9.03. The van der Waals surface area contributed by atoms with Gasteiger partial charge in [0.2, 0.25) is 5.91 Å². The molecule has 3 heteroatoms. The van der Waals surface area contributed by atoms with Crippen LogP contribution in [0.2, 0.25) is 0 Å². The molecule has 2 aliphatic carbocycles. The van der Waals surface area contributed by atoms with E-state index in [1.165, 1.54) is 38.5 Å². The van der Waals surface area contributed by atoms with Crippen molar-refractivity contribution in [1.29, 1.82) is 0 Å². The average molecular weight is 238 g/mol. The van der Waals surface area contributed by atoms with Crippen molar-refractivity contribution >= 4 is 5.91 Å². The van der Waals surface area contributed by atoms with Crippen LogP contribution in [0.4, 0.5) is 0 Å². The second kappa shape index (κ2) is 6.39. The van der Waals surface area contributed by atoms with Crippen LogP contribution in [0.25, 0.3) is 0 Å². The lowest BCUT2D eigenvalue weighted by Crippen LogP contribution is -2.37. The van der Waals surface area contributed by atoms with E-state index in [1.54, 1.807) is 0 Å². The van der Waals surface area contributed by atoms with Crippen LogP contribution in [0.15, 0.2) is 0 Å². The Bertz CT molecular complexity index is 251. The molecule has 17 heavy (non-hydrogen) atoms. The van der Waals surface area contributed by atoms with Crippen LogP contribution in [-0.4, -0.2) is 25.0 Å². The summed E-state index contributed by atoms with van der Waals surface area (Å²) in [6, 6.07) is 0.670. The molecule has 0 bridgehead atoms. The summed E-state index contributed by atoms with van der Waals surface area (Å²) in [7, 11) is 0. The molecule has 2 fully saturated rings. The van der Waals surface area contributed by atoms with Gasteiger partial charge in [0.25, 0.3) is 0 Å². The van der Waals surface area contributed by atoms with Gasteiger partial charge in [0, 0.05) is 25.6 Å². The third kappa shape index (κ3) is 4.30.